The SMILES string of the molecule is C=C(C)C(=O)OCCN=C=O.O=C(O)C=CC(=O)O. The number of carboxylic acids is 2. The van der Waals surface area contributed by atoms with Crippen LogP contribution in [0.4, 0.5) is 0 Å². The van der Waals surface area contributed by atoms with Gasteiger partial charge in [0.1, 0.15) is 6.61 Å². The Kier molecular flexibility index (Phi) is 11.5. The number of aliphatic carboxylic acids is 2. The summed E-state index contributed by atoms with van der Waals surface area (Å²) in [6.45, 7) is 5.17. The number of carbonyl (C=O) groups is 3. The molecule has 0 aromatic rings. The molecule has 0 aliphatic heterocycles. The average molecular weight is 271 g/mol. The van der Waals surface area contributed by atoms with Crippen molar-refractivity contribution in [3.63, 3.8) is 0 Å². The molecule has 0 saturated carbocycles. The van der Waals surface area contributed by atoms with Crippen molar-refractivity contribution in [2.45, 2.75) is 6.92 Å². The summed E-state index contributed by atoms with van der Waals surface area (Å²) < 4.78 is 4.59. The fourth-order valence-corrected chi connectivity index (χ4v) is 0.495. The molecule has 0 aliphatic carbocycles. The molecule has 0 radical (unpaired) electrons. The first kappa shape index (κ1) is 18.6. The molecule has 0 aliphatic rings. The minimum Gasteiger partial charge on any atom is -0.478 e. The van der Waals surface area contributed by atoms with Crippen molar-refractivity contribution < 1.29 is 34.1 Å². The zero-order chi connectivity index (χ0) is 15.3. The highest BCUT2D eigenvalue weighted by Gasteiger charge is 2.00. The number of esters is 1. The molecule has 8 nitrogen and oxygen atoms in total. The highest BCUT2D eigenvalue weighted by Crippen LogP contribution is 1.90. The second kappa shape index (κ2) is 11.7. The number of isocyanates is 1. The van der Waals surface area contributed by atoms with Crippen molar-refractivity contribution in [3.8, 4) is 0 Å². The van der Waals surface area contributed by atoms with Crippen LogP contribution >= 0.6 is 0 Å². The van der Waals surface area contributed by atoms with Gasteiger partial charge >= 0.3 is 17.9 Å². The fourth-order valence-electron chi connectivity index (χ4n) is 0.495. The van der Waals surface area contributed by atoms with Crippen LogP contribution in [0.3, 0.4) is 0 Å². The minimum absolute atomic E-state index is 0.0981. The molecule has 0 heterocycles. The highest BCUT2D eigenvalue weighted by molar-refractivity contribution is 5.89. The summed E-state index contributed by atoms with van der Waals surface area (Å²) in [6.07, 6.45) is 2.45. The van der Waals surface area contributed by atoms with Crippen LogP contribution in [0.15, 0.2) is 29.3 Å². The summed E-state index contributed by atoms with van der Waals surface area (Å²) in [5.41, 5.74) is 0.333. The Morgan fingerprint density at radius 2 is 1.74 bits per heavy atom. The van der Waals surface area contributed by atoms with Gasteiger partial charge < -0.3 is 14.9 Å². The van der Waals surface area contributed by atoms with Crippen molar-refractivity contribution in [1.29, 1.82) is 0 Å². The van der Waals surface area contributed by atoms with E-state index in [4.69, 9.17) is 10.2 Å². The summed E-state index contributed by atoms with van der Waals surface area (Å²) >= 11 is 0. The van der Waals surface area contributed by atoms with E-state index in [2.05, 4.69) is 16.3 Å². The first-order chi connectivity index (χ1) is 8.81. The monoisotopic (exact) mass is 271 g/mol. The van der Waals surface area contributed by atoms with Gasteiger partial charge in [0.2, 0.25) is 6.08 Å². The third-order valence-electron chi connectivity index (χ3n) is 1.22. The smallest absolute Gasteiger partial charge is 0.333 e. The van der Waals surface area contributed by atoms with Crippen LogP contribution in [-0.4, -0.2) is 47.4 Å². The second-order valence-electron chi connectivity index (χ2n) is 2.90. The Balaban J connectivity index is 0. The molecule has 0 atom stereocenters. The number of ether oxygens (including phenoxy) is 1. The molecule has 0 spiro atoms. The summed E-state index contributed by atoms with van der Waals surface area (Å²) in [6, 6.07) is 0. The highest BCUT2D eigenvalue weighted by atomic mass is 16.5. The largest absolute Gasteiger partial charge is 0.478 e. The number of carbonyl (C=O) groups excluding carboxylic acids is 2. The molecule has 2 N–H and O–H groups in total. The van der Waals surface area contributed by atoms with Crippen molar-refractivity contribution in [3.05, 3.63) is 24.3 Å². The first-order valence-electron chi connectivity index (χ1n) is 4.81. The third-order valence-corrected chi connectivity index (χ3v) is 1.22. The van der Waals surface area contributed by atoms with E-state index in [1.807, 2.05) is 0 Å². The van der Waals surface area contributed by atoms with Crippen molar-refractivity contribution in [2.75, 3.05) is 13.2 Å². The topological polar surface area (TPSA) is 130 Å². The Hall–Kier alpha value is -2.73. The van der Waals surface area contributed by atoms with Gasteiger partial charge in [0.05, 0.1) is 6.54 Å². The van der Waals surface area contributed by atoms with Gasteiger partial charge in [-0.05, 0) is 6.92 Å². The Labute approximate surface area is 108 Å². The standard InChI is InChI=1S/C7H9NO3.C4H4O4/c1-6(2)7(10)11-4-3-8-5-9;5-3(6)1-2-4(7)8/h1,3-4H2,2H3;1-2H,(H,5,6)(H,7,8). The molecule has 104 valence electrons. The lowest BCUT2D eigenvalue weighted by Gasteiger charge is -1.99. The van der Waals surface area contributed by atoms with Crippen LogP contribution in [0.1, 0.15) is 6.92 Å². The number of rotatable bonds is 6. The zero-order valence-electron chi connectivity index (χ0n) is 10.2. The van der Waals surface area contributed by atoms with Gasteiger partial charge in [0, 0.05) is 17.7 Å². The van der Waals surface area contributed by atoms with Gasteiger partial charge in [-0.15, -0.1) is 0 Å². The Morgan fingerprint density at radius 3 is 2.05 bits per heavy atom. The molecule has 0 bridgehead atoms. The van der Waals surface area contributed by atoms with Gasteiger partial charge in [-0.25, -0.2) is 24.2 Å². The fraction of sp³-hybridized carbons (Fsp3) is 0.273. The van der Waals surface area contributed by atoms with E-state index in [1.165, 1.54) is 6.08 Å². The predicted octanol–water partition coefficient (Wildman–Crippen LogP) is 0.153. The number of aliphatic imine (C=N–C) groups is 1. The molecule has 19 heavy (non-hydrogen) atoms. The van der Waals surface area contributed by atoms with E-state index in [0.29, 0.717) is 17.7 Å². The van der Waals surface area contributed by atoms with Crippen LogP contribution in [0.5, 0.6) is 0 Å². The lowest BCUT2D eigenvalue weighted by atomic mass is 10.4. The molecule has 0 amide bonds. The summed E-state index contributed by atoms with van der Waals surface area (Å²) in [5, 5.41) is 15.6. The first-order valence-corrected chi connectivity index (χ1v) is 4.81. The van der Waals surface area contributed by atoms with E-state index in [0.717, 1.165) is 0 Å². The summed E-state index contributed by atoms with van der Waals surface area (Å²) in [4.78, 5) is 42.5. The predicted molar refractivity (Wildman–Crippen MR) is 63.2 cm³/mol. The van der Waals surface area contributed by atoms with Gasteiger partial charge in [-0.2, -0.15) is 0 Å². The molecule has 8 heteroatoms. The van der Waals surface area contributed by atoms with E-state index < -0.39 is 17.9 Å². The van der Waals surface area contributed by atoms with Crippen LogP contribution in [-0.2, 0) is 23.9 Å². The van der Waals surface area contributed by atoms with Crippen LogP contribution < -0.4 is 0 Å². The average Bonchev–Trinajstić information content (AvgIpc) is 2.32. The van der Waals surface area contributed by atoms with Gasteiger partial charge in [0.15, 0.2) is 0 Å². The minimum atomic E-state index is -1.26. The maximum Gasteiger partial charge on any atom is 0.333 e. The zero-order valence-corrected chi connectivity index (χ0v) is 10.2. The molecule has 0 rings (SSSR count). The van der Waals surface area contributed by atoms with Gasteiger partial charge in [-0.3, -0.25) is 0 Å². The lowest BCUT2D eigenvalue weighted by molar-refractivity contribution is -0.138. The van der Waals surface area contributed by atoms with Crippen molar-refractivity contribution in [2.24, 2.45) is 4.99 Å². The van der Waals surface area contributed by atoms with E-state index in [1.54, 1.807) is 6.92 Å². The second-order valence-corrected chi connectivity index (χ2v) is 2.90. The Bertz CT molecular complexity index is 403. The maximum absolute atomic E-state index is 10.6. The quantitative estimate of drug-likeness (QED) is 0.231. The van der Waals surface area contributed by atoms with E-state index in [-0.39, 0.29) is 13.2 Å². The molecule has 0 fully saturated rings. The van der Waals surface area contributed by atoms with Crippen molar-refractivity contribution in [1.82, 2.24) is 0 Å². The number of hydrogen-bond donors (Lipinski definition) is 2. The number of nitrogens with zero attached hydrogens (tertiary/aromatic N) is 1. The molecular formula is C11H13NO7. The summed E-state index contributed by atoms with van der Waals surface area (Å²) in [7, 11) is 0. The van der Waals surface area contributed by atoms with Gasteiger partial charge in [-0.1, -0.05) is 6.58 Å². The lowest BCUT2D eigenvalue weighted by Crippen LogP contribution is -2.07. The molecule has 0 saturated heterocycles. The van der Waals surface area contributed by atoms with E-state index in [9.17, 15) is 19.2 Å². The number of carboxylic acid groups (broad SMARTS) is 2. The molecule has 0 aromatic heterocycles. The van der Waals surface area contributed by atoms with Gasteiger partial charge in [0.25, 0.3) is 0 Å². The third kappa shape index (κ3) is 17.9. The Morgan fingerprint density at radius 1 is 1.26 bits per heavy atom. The van der Waals surface area contributed by atoms with Crippen LogP contribution in [0, 0.1) is 0 Å². The van der Waals surface area contributed by atoms with E-state index >= 15 is 0 Å². The molecule has 0 aromatic carbocycles. The summed E-state index contributed by atoms with van der Waals surface area (Å²) in [5.74, 6) is -2.98. The molecular weight excluding hydrogens is 258 g/mol. The maximum atomic E-state index is 10.6. The molecule has 0 unspecified atom stereocenters. The van der Waals surface area contributed by atoms with Crippen LogP contribution in [0.2, 0.25) is 0 Å². The van der Waals surface area contributed by atoms with Crippen molar-refractivity contribution >= 4 is 24.0 Å². The van der Waals surface area contributed by atoms with Crippen LogP contribution in [0.25, 0.3) is 0 Å². The normalized spacial score (nSPS) is 8.68. The number of hydrogen-bond acceptors (Lipinski definition) is 6.